The van der Waals surface area contributed by atoms with Gasteiger partial charge in [0.15, 0.2) is 11.0 Å². The second-order valence-corrected chi connectivity index (χ2v) is 5.46. The van der Waals surface area contributed by atoms with E-state index in [2.05, 4.69) is 21.4 Å². The van der Waals surface area contributed by atoms with Crippen LogP contribution in [-0.2, 0) is 11.3 Å². The number of hydrogen-bond donors (Lipinski definition) is 1. The van der Waals surface area contributed by atoms with Crippen molar-refractivity contribution in [3.8, 4) is 29.5 Å². The molecule has 2 aromatic rings. The molecule has 0 saturated carbocycles. The van der Waals surface area contributed by atoms with Gasteiger partial charge in [-0.15, -0.1) is 16.6 Å². The molecule has 2 rings (SSSR count). The van der Waals surface area contributed by atoms with Crippen LogP contribution >= 0.6 is 11.8 Å². The largest absolute Gasteiger partial charge is 0.496 e. The molecule has 0 spiro atoms. The van der Waals surface area contributed by atoms with Gasteiger partial charge in [-0.2, -0.15) is 0 Å². The molecule has 1 aromatic carbocycles. The predicted octanol–water partition coefficient (Wildman–Crippen LogP) is 1.82. The molecule has 0 bridgehead atoms. The number of aromatic nitrogens is 3. The molecule has 0 radical (unpaired) electrons. The first-order valence-electron chi connectivity index (χ1n) is 7.10. The first kappa shape index (κ1) is 16.9. The molecule has 0 fully saturated rings. The van der Waals surface area contributed by atoms with Gasteiger partial charge in [0, 0.05) is 6.54 Å². The highest BCUT2D eigenvalue weighted by Gasteiger charge is 2.17. The zero-order valence-electron chi connectivity index (χ0n) is 13.1. The van der Waals surface area contributed by atoms with Gasteiger partial charge >= 0.3 is 0 Å². The van der Waals surface area contributed by atoms with E-state index < -0.39 is 0 Å². The summed E-state index contributed by atoms with van der Waals surface area (Å²) < 4.78 is 7.34. The Morgan fingerprint density at radius 1 is 1.43 bits per heavy atom. The first-order chi connectivity index (χ1) is 11.2. The third kappa shape index (κ3) is 4.05. The molecule has 0 aliphatic heterocycles. The van der Waals surface area contributed by atoms with E-state index in [9.17, 15) is 4.79 Å². The normalized spacial score (nSPS) is 10.1. The Bertz CT molecular complexity index is 721. The van der Waals surface area contributed by atoms with Gasteiger partial charge < -0.3 is 14.6 Å². The lowest BCUT2D eigenvalue weighted by molar-refractivity contribution is -0.118. The molecule has 1 N–H and O–H groups in total. The number of rotatable bonds is 7. The minimum Gasteiger partial charge on any atom is -0.496 e. The Morgan fingerprint density at radius 2 is 2.22 bits per heavy atom. The van der Waals surface area contributed by atoms with Gasteiger partial charge in [0.25, 0.3) is 0 Å². The van der Waals surface area contributed by atoms with Gasteiger partial charge in [-0.25, -0.2) is 0 Å². The lowest BCUT2D eigenvalue weighted by Crippen LogP contribution is -2.25. The number of terminal acetylenes is 1. The summed E-state index contributed by atoms with van der Waals surface area (Å²) in [5, 5.41) is 11.8. The highest BCUT2D eigenvalue weighted by atomic mass is 32.2. The molecule has 23 heavy (non-hydrogen) atoms. The quantitative estimate of drug-likeness (QED) is 0.619. The summed E-state index contributed by atoms with van der Waals surface area (Å²) in [5.41, 5.74) is 0.869. The van der Waals surface area contributed by atoms with E-state index in [4.69, 9.17) is 11.2 Å². The van der Waals surface area contributed by atoms with E-state index in [-0.39, 0.29) is 18.2 Å². The molecule has 0 unspecified atom stereocenters. The van der Waals surface area contributed by atoms with Crippen LogP contribution in [0, 0.1) is 12.3 Å². The summed E-state index contributed by atoms with van der Waals surface area (Å²) in [6, 6.07) is 7.64. The zero-order chi connectivity index (χ0) is 16.7. The Balaban J connectivity index is 2.20. The van der Waals surface area contributed by atoms with Gasteiger partial charge in [-0.1, -0.05) is 29.8 Å². The average Bonchev–Trinajstić information content (AvgIpc) is 3.00. The SMILES string of the molecule is C#CCNC(=O)CSc1nnc(-c2ccccc2OC)n1CC. The van der Waals surface area contributed by atoms with Crippen LogP contribution in [0.25, 0.3) is 11.4 Å². The first-order valence-corrected chi connectivity index (χ1v) is 8.09. The molecule has 1 heterocycles. The minimum atomic E-state index is -0.127. The minimum absolute atomic E-state index is 0.127. The maximum Gasteiger partial charge on any atom is 0.231 e. The van der Waals surface area contributed by atoms with Crippen LogP contribution in [0.4, 0.5) is 0 Å². The number of thioether (sulfide) groups is 1. The fourth-order valence-corrected chi connectivity index (χ4v) is 2.87. The number of nitrogens with one attached hydrogen (secondary N) is 1. The molecule has 0 atom stereocenters. The van der Waals surface area contributed by atoms with Crippen molar-refractivity contribution >= 4 is 17.7 Å². The van der Waals surface area contributed by atoms with Crippen molar-refractivity contribution in [3.63, 3.8) is 0 Å². The van der Waals surface area contributed by atoms with Crippen LogP contribution in [-0.4, -0.2) is 40.1 Å². The molecule has 1 amide bonds. The number of carbonyl (C=O) groups is 1. The second-order valence-electron chi connectivity index (χ2n) is 4.52. The number of ether oxygens (including phenoxy) is 1. The molecule has 0 aliphatic rings. The number of nitrogens with zero attached hydrogens (tertiary/aromatic N) is 3. The maximum absolute atomic E-state index is 11.6. The van der Waals surface area contributed by atoms with Gasteiger partial charge in [0.1, 0.15) is 5.75 Å². The van der Waals surface area contributed by atoms with E-state index in [0.29, 0.717) is 11.7 Å². The summed E-state index contributed by atoms with van der Waals surface area (Å²) in [5.74, 6) is 3.94. The number of hydrogen-bond acceptors (Lipinski definition) is 5. The van der Waals surface area contributed by atoms with Gasteiger partial charge in [-0.3, -0.25) is 4.79 Å². The lowest BCUT2D eigenvalue weighted by atomic mass is 10.2. The van der Waals surface area contributed by atoms with Crippen molar-refractivity contribution in [2.45, 2.75) is 18.6 Å². The van der Waals surface area contributed by atoms with E-state index in [1.54, 1.807) is 7.11 Å². The van der Waals surface area contributed by atoms with Crippen molar-refractivity contribution in [1.82, 2.24) is 20.1 Å². The third-order valence-electron chi connectivity index (χ3n) is 3.10. The fraction of sp³-hybridized carbons (Fsp3) is 0.312. The van der Waals surface area contributed by atoms with Crippen LogP contribution in [0.15, 0.2) is 29.4 Å². The predicted molar refractivity (Wildman–Crippen MR) is 90.3 cm³/mol. The molecule has 0 aliphatic carbocycles. The van der Waals surface area contributed by atoms with Crippen molar-refractivity contribution in [1.29, 1.82) is 0 Å². The fourth-order valence-electron chi connectivity index (χ4n) is 2.04. The lowest BCUT2D eigenvalue weighted by Gasteiger charge is -2.10. The van der Waals surface area contributed by atoms with Gasteiger partial charge in [0.2, 0.25) is 5.91 Å². The molecule has 6 nitrogen and oxygen atoms in total. The topological polar surface area (TPSA) is 69.0 Å². The van der Waals surface area contributed by atoms with Crippen molar-refractivity contribution in [3.05, 3.63) is 24.3 Å². The zero-order valence-corrected chi connectivity index (χ0v) is 13.9. The maximum atomic E-state index is 11.6. The Kier molecular flexibility index (Phi) is 6.06. The third-order valence-corrected chi connectivity index (χ3v) is 4.07. The van der Waals surface area contributed by atoms with E-state index in [1.807, 2.05) is 35.8 Å². The number of benzene rings is 1. The Hall–Kier alpha value is -2.46. The Labute approximate surface area is 139 Å². The molecule has 120 valence electrons. The molecule has 1 aromatic heterocycles. The summed E-state index contributed by atoms with van der Waals surface area (Å²) in [6.07, 6.45) is 5.11. The van der Waals surface area contributed by atoms with Gasteiger partial charge in [-0.05, 0) is 19.1 Å². The van der Waals surface area contributed by atoms with E-state index in [0.717, 1.165) is 17.1 Å². The summed E-state index contributed by atoms with van der Waals surface area (Å²) in [6.45, 7) is 2.92. The molecular weight excluding hydrogens is 312 g/mol. The molecule has 0 saturated heterocycles. The van der Waals surface area contributed by atoms with Crippen LogP contribution in [0.3, 0.4) is 0 Å². The standard InChI is InChI=1S/C16H18N4O2S/c1-4-10-17-14(21)11-23-16-19-18-15(20(16)5-2)12-8-6-7-9-13(12)22-3/h1,6-9H,5,10-11H2,2-3H3,(H,17,21). The second kappa shape index (κ2) is 8.25. The van der Waals surface area contributed by atoms with Crippen molar-refractivity contribution in [2.24, 2.45) is 0 Å². The number of amides is 1. The van der Waals surface area contributed by atoms with Crippen LogP contribution in [0.2, 0.25) is 0 Å². The highest BCUT2D eigenvalue weighted by molar-refractivity contribution is 7.99. The van der Waals surface area contributed by atoms with E-state index in [1.165, 1.54) is 11.8 Å². The average molecular weight is 330 g/mol. The van der Waals surface area contributed by atoms with Crippen molar-refractivity contribution in [2.75, 3.05) is 19.4 Å². The smallest absolute Gasteiger partial charge is 0.231 e. The summed E-state index contributed by atoms with van der Waals surface area (Å²) in [7, 11) is 1.62. The number of carbonyl (C=O) groups excluding carboxylic acids is 1. The molecular formula is C16H18N4O2S. The highest BCUT2D eigenvalue weighted by Crippen LogP contribution is 2.30. The van der Waals surface area contributed by atoms with Gasteiger partial charge in [0.05, 0.1) is 25.0 Å². The van der Waals surface area contributed by atoms with Crippen molar-refractivity contribution < 1.29 is 9.53 Å². The number of methoxy groups -OCH3 is 1. The Morgan fingerprint density at radius 3 is 2.91 bits per heavy atom. The monoisotopic (exact) mass is 330 g/mol. The van der Waals surface area contributed by atoms with E-state index >= 15 is 0 Å². The number of para-hydroxylation sites is 1. The van der Waals surface area contributed by atoms with Crippen LogP contribution < -0.4 is 10.1 Å². The molecule has 7 heteroatoms. The summed E-state index contributed by atoms with van der Waals surface area (Å²) >= 11 is 1.33. The van der Waals surface area contributed by atoms with Crippen LogP contribution in [0.5, 0.6) is 5.75 Å². The van der Waals surface area contributed by atoms with Crippen LogP contribution in [0.1, 0.15) is 6.92 Å². The summed E-state index contributed by atoms with van der Waals surface area (Å²) in [4.78, 5) is 11.6.